The van der Waals surface area contributed by atoms with Crippen LogP contribution in [0.1, 0.15) is 23.0 Å². The van der Waals surface area contributed by atoms with Crippen LogP contribution in [0, 0.1) is 0 Å². The second-order valence-electron chi connectivity index (χ2n) is 5.41. The predicted octanol–water partition coefficient (Wildman–Crippen LogP) is 3.53. The van der Waals surface area contributed by atoms with Crippen molar-refractivity contribution in [2.24, 2.45) is 0 Å². The maximum absolute atomic E-state index is 12.1. The van der Waals surface area contributed by atoms with Crippen LogP contribution in [0.3, 0.4) is 0 Å². The summed E-state index contributed by atoms with van der Waals surface area (Å²) in [5.74, 6) is -0.912. The van der Waals surface area contributed by atoms with Gasteiger partial charge in [0, 0.05) is 16.6 Å². The summed E-state index contributed by atoms with van der Waals surface area (Å²) in [6, 6.07) is 16.8. The van der Waals surface area contributed by atoms with Crippen LogP contribution in [0.4, 0.5) is 5.69 Å². The number of nitrogens with one attached hydrogen (secondary N) is 2. The number of aryl methyl sites for hydroxylation is 1. The van der Waals surface area contributed by atoms with Crippen LogP contribution in [-0.2, 0) is 16.0 Å². The molecular weight excluding hydrogens is 304 g/mol. The van der Waals surface area contributed by atoms with E-state index in [2.05, 4.69) is 10.3 Å². The molecular formula is C19H18N2O3. The summed E-state index contributed by atoms with van der Waals surface area (Å²) in [5.41, 5.74) is 2.96. The molecule has 3 aromatic rings. The molecule has 0 spiro atoms. The normalized spacial score (nSPS) is 10.5. The summed E-state index contributed by atoms with van der Waals surface area (Å²) in [4.78, 5) is 27.0. The molecule has 0 atom stereocenters. The van der Waals surface area contributed by atoms with Crippen LogP contribution in [0.2, 0.25) is 0 Å². The van der Waals surface area contributed by atoms with Gasteiger partial charge in [-0.1, -0.05) is 43.3 Å². The van der Waals surface area contributed by atoms with Crippen molar-refractivity contribution in [1.82, 2.24) is 4.98 Å². The van der Waals surface area contributed by atoms with Gasteiger partial charge in [0.05, 0.1) is 0 Å². The third-order valence-corrected chi connectivity index (χ3v) is 3.76. The van der Waals surface area contributed by atoms with Crippen molar-refractivity contribution in [3.05, 3.63) is 65.9 Å². The zero-order valence-electron chi connectivity index (χ0n) is 13.3. The van der Waals surface area contributed by atoms with Gasteiger partial charge in [0.25, 0.3) is 5.91 Å². The number of aromatic nitrogens is 1. The van der Waals surface area contributed by atoms with Gasteiger partial charge in [-0.2, -0.15) is 0 Å². The molecule has 1 heterocycles. The van der Waals surface area contributed by atoms with Gasteiger partial charge in [0.2, 0.25) is 0 Å². The highest BCUT2D eigenvalue weighted by atomic mass is 16.5. The summed E-state index contributed by atoms with van der Waals surface area (Å²) in [6.07, 6.45) is 0.811. The number of amides is 1. The van der Waals surface area contributed by atoms with Crippen molar-refractivity contribution in [3.8, 4) is 0 Å². The third-order valence-electron chi connectivity index (χ3n) is 3.76. The summed E-state index contributed by atoms with van der Waals surface area (Å²) in [5, 5.41) is 3.69. The average molecular weight is 322 g/mol. The first-order valence-corrected chi connectivity index (χ1v) is 7.80. The SMILES string of the molecule is CCc1ccccc1NC(=O)COC(=O)c1cc2ccccc2[nH]1. The molecule has 1 amide bonds. The minimum atomic E-state index is -0.551. The van der Waals surface area contributed by atoms with E-state index in [0.717, 1.165) is 28.6 Å². The molecule has 0 bridgehead atoms. The van der Waals surface area contributed by atoms with Gasteiger partial charge < -0.3 is 15.0 Å². The van der Waals surface area contributed by atoms with Crippen molar-refractivity contribution in [3.63, 3.8) is 0 Å². The van der Waals surface area contributed by atoms with Crippen LogP contribution in [0.15, 0.2) is 54.6 Å². The number of carbonyl (C=O) groups excluding carboxylic acids is 2. The molecule has 2 N–H and O–H groups in total. The molecule has 0 fully saturated rings. The third kappa shape index (κ3) is 3.46. The van der Waals surface area contributed by atoms with E-state index < -0.39 is 5.97 Å². The lowest BCUT2D eigenvalue weighted by molar-refractivity contribution is -0.119. The Morgan fingerprint density at radius 3 is 2.62 bits per heavy atom. The topological polar surface area (TPSA) is 71.2 Å². The zero-order chi connectivity index (χ0) is 16.9. The van der Waals surface area contributed by atoms with Gasteiger partial charge >= 0.3 is 5.97 Å². The first-order chi connectivity index (χ1) is 11.7. The molecule has 0 saturated carbocycles. The summed E-state index contributed by atoms with van der Waals surface area (Å²) >= 11 is 0. The molecule has 1 aromatic heterocycles. The number of esters is 1. The van der Waals surface area contributed by atoms with E-state index in [1.165, 1.54) is 0 Å². The lowest BCUT2D eigenvalue weighted by Gasteiger charge is -2.09. The molecule has 2 aromatic carbocycles. The molecule has 5 heteroatoms. The molecule has 3 rings (SSSR count). The number of hydrogen-bond donors (Lipinski definition) is 2. The Labute approximate surface area is 139 Å². The van der Waals surface area contributed by atoms with E-state index >= 15 is 0 Å². The lowest BCUT2D eigenvalue weighted by atomic mass is 10.1. The van der Waals surface area contributed by atoms with Gasteiger partial charge in [0.1, 0.15) is 5.69 Å². The van der Waals surface area contributed by atoms with Crippen molar-refractivity contribution in [2.45, 2.75) is 13.3 Å². The number of fused-ring (bicyclic) bond motifs is 1. The lowest BCUT2D eigenvalue weighted by Crippen LogP contribution is -2.21. The number of anilines is 1. The average Bonchev–Trinajstić information content (AvgIpc) is 3.04. The summed E-state index contributed by atoms with van der Waals surface area (Å²) in [6.45, 7) is 1.69. The van der Waals surface area contributed by atoms with E-state index in [1.807, 2.05) is 55.5 Å². The van der Waals surface area contributed by atoms with E-state index in [4.69, 9.17) is 4.74 Å². The Morgan fingerprint density at radius 1 is 1.08 bits per heavy atom. The minimum absolute atomic E-state index is 0.327. The molecule has 0 unspecified atom stereocenters. The van der Waals surface area contributed by atoms with Gasteiger partial charge in [0.15, 0.2) is 6.61 Å². The maximum atomic E-state index is 12.1. The molecule has 0 radical (unpaired) electrons. The van der Waals surface area contributed by atoms with Crippen molar-refractivity contribution in [2.75, 3.05) is 11.9 Å². The maximum Gasteiger partial charge on any atom is 0.355 e. The molecule has 0 aliphatic heterocycles. The van der Waals surface area contributed by atoms with E-state index in [1.54, 1.807) is 6.07 Å². The molecule has 24 heavy (non-hydrogen) atoms. The number of benzene rings is 2. The number of para-hydroxylation sites is 2. The number of ether oxygens (including phenoxy) is 1. The first-order valence-electron chi connectivity index (χ1n) is 7.80. The Balaban J connectivity index is 1.60. The standard InChI is InChI=1S/C19H18N2O3/c1-2-13-7-3-5-9-15(13)21-18(22)12-24-19(23)17-11-14-8-4-6-10-16(14)20-17/h3-11,20H,2,12H2,1H3,(H,21,22). The quantitative estimate of drug-likeness (QED) is 0.706. The van der Waals surface area contributed by atoms with Gasteiger partial charge in [-0.05, 0) is 30.2 Å². The van der Waals surface area contributed by atoms with E-state index in [0.29, 0.717) is 5.69 Å². The second-order valence-corrected chi connectivity index (χ2v) is 5.41. The first kappa shape index (κ1) is 15.8. The highest BCUT2D eigenvalue weighted by Crippen LogP contribution is 2.16. The molecule has 0 saturated heterocycles. The molecule has 5 nitrogen and oxygen atoms in total. The largest absolute Gasteiger partial charge is 0.451 e. The van der Waals surface area contributed by atoms with Gasteiger partial charge in [-0.25, -0.2) is 4.79 Å². The van der Waals surface area contributed by atoms with E-state index in [9.17, 15) is 9.59 Å². The highest BCUT2D eigenvalue weighted by Gasteiger charge is 2.13. The van der Waals surface area contributed by atoms with Crippen LogP contribution >= 0.6 is 0 Å². The Morgan fingerprint density at radius 2 is 1.83 bits per heavy atom. The Kier molecular flexibility index (Phi) is 4.61. The zero-order valence-corrected chi connectivity index (χ0v) is 13.3. The summed E-state index contributed by atoms with van der Waals surface area (Å²) < 4.78 is 5.08. The monoisotopic (exact) mass is 322 g/mol. The van der Waals surface area contributed by atoms with Crippen LogP contribution < -0.4 is 5.32 Å². The number of hydrogen-bond acceptors (Lipinski definition) is 3. The predicted molar refractivity (Wildman–Crippen MR) is 93.0 cm³/mol. The number of aromatic amines is 1. The van der Waals surface area contributed by atoms with Crippen LogP contribution in [-0.4, -0.2) is 23.5 Å². The molecule has 0 aliphatic rings. The van der Waals surface area contributed by atoms with Crippen molar-refractivity contribution < 1.29 is 14.3 Å². The second kappa shape index (κ2) is 7.00. The van der Waals surface area contributed by atoms with Crippen LogP contribution in [0.5, 0.6) is 0 Å². The Bertz CT molecular complexity index is 850. The Hall–Kier alpha value is -3.08. The highest BCUT2D eigenvalue weighted by molar-refractivity contribution is 5.97. The van der Waals surface area contributed by atoms with Crippen LogP contribution in [0.25, 0.3) is 10.9 Å². The number of H-pyrrole nitrogens is 1. The fourth-order valence-corrected chi connectivity index (χ4v) is 2.53. The van der Waals surface area contributed by atoms with Crippen molar-refractivity contribution >= 4 is 28.5 Å². The smallest absolute Gasteiger partial charge is 0.355 e. The molecule has 0 aliphatic carbocycles. The van der Waals surface area contributed by atoms with E-state index in [-0.39, 0.29) is 12.5 Å². The van der Waals surface area contributed by atoms with Crippen molar-refractivity contribution in [1.29, 1.82) is 0 Å². The fourth-order valence-electron chi connectivity index (χ4n) is 2.53. The molecule has 122 valence electrons. The number of rotatable bonds is 5. The summed E-state index contributed by atoms with van der Waals surface area (Å²) in [7, 11) is 0. The van der Waals surface area contributed by atoms with Gasteiger partial charge in [-0.3, -0.25) is 4.79 Å². The number of carbonyl (C=O) groups is 2. The minimum Gasteiger partial charge on any atom is -0.451 e. The van der Waals surface area contributed by atoms with Gasteiger partial charge in [-0.15, -0.1) is 0 Å². The fraction of sp³-hybridized carbons (Fsp3) is 0.158.